The number of ether oxygens (including phenoxy) is 1. The Labute approximate surface area is 92.2 Å². The molecule has 0 unspecified atom stereocenters. The van der Waals surface area contributed by atoms with E-state index in [1.807, 2.05) is 6.07 Å². The molecule has 0 spiro atoms. The van der Waals surface area contributed by atoms with Crippen molar-refractivity contribution in [2.75, 3.05) is 0 Å². The van der Waals surface area contributed by atoms with Crippen LogP contribution in [0.25, 0.3) is 0 Å². The largest absolute Gasteiger partial charge is 0.438 e. The van der Waals surface area contributed by atoms with Gasteiger partial charge in [0.15, 0.2) is 0 Å². The van der Waals surface area contributed by atoms with Gasteiger partial charge in [-0.25, -0.2) is 9.97 Å². The fraction of sp³-hybridized carbons (Fsp3) is 0.0833. The third kappa shape index (κ3) is 1.30. The van der Waals surface area contributed by atoms with E-state index in [0.717, 1.165) is 17.5 Å². The smallest absolute Gasteiger partial charge is 0.225 e. The molecular formula is C12H7N3O. The van der Waals surface area contributed by atoms with Gasteiger partial charge in [-0.3, -0.25) is 0 Å². The van der Waals surface area contributed by atoms with Crippen LogP contribution in [0.3, 0.4) is 0 Å². The molecule has 1 aliphatic heterocycles. The van der Waals surface area contributed by atoms with Crippen LogP contribution in [0.4, 0.5) is 0 Å². The third-order valence-corrected chi connectivity index (χ3v) is 2.53. The van der Waals surface area contributed by atoms with Crippen molar-refractivity contribution in [1.29, 1.82) is 5.26 Å². The van der Waals surface area contributed by atoms with E-state index in [9.17, 15) is 0 Å². The molecule has 2 aromatic rings. The highest BCUT2D eigenvalue weighted by Crippen LogP contribution is 2.34. The summed E-state index contributed by atoms with van der Waals surface area (Å²) in [5.74, 6) is 1.29. The standard InChI is InChI=1S/C12H7N3O/c13-5-8-1-2-9-4-10-6-14-7-15-12(10)16-11(9)3-8/h1-3,6-7H,4H2. The average Bonchev–Trinajstić information content (AvgIpc) is 2.35. The lowest BCUT2D eigenvalue weighted by Gasteiger charge is -2.18. The molecule has 1 aromatic carbocycles. The molecule has 0 aliphatic carbocycles. The van der Waals surface area contributed by atoms with Crippen LogP contribution in [0, 0.1) is 11.3 Å². The molecule has 4 heteroatoms. The van der Waals surface area contributed by atoms with Crippen molar-refractivity contribution >= 4 is 0 Å². The van der Waals surface area contributed by atoms with E-state index in [4.69, 9.17) is 10.00 Å². The van der Waals surface area contributed by atoms with E-state index in [-0.39, 0.29) is 0 Å². The predicted octanol–water partition coefficient (Wildman–Crippen LogP) is 2.04. The maximum Gasteiger partial charge on any atom is 0.225 e. The number of hydrogen-bond donors (Lipinski definition) is 0. The second-order valence-corrected chi connectivity index (χ2v) is 3.57. The van der Waals surface area contributed by atoms with Gasteiger partial charge in [0.1, 0.15) is 12.1 Å². The lowest BCUT2D eigenvalue weighted by Crippen LogP contribution is -2.05. The first-order valence-corrected chi connectivity index (χ1v) is 4.86. The van der Waals surface area contributed by atoms with E-state index >= 15 is 0 Å². The minimum Gasteiger partial charge on any atom is -0.438 e. The lowest BCUT2D eigenvalue weighted by molar-refractivity contribution is 0.438. The average molecular weight is 209 g/mol. The number of fused-ring (bicyclic) bond motifs is 2. The van der Waals surface area contributed by atoms with Crippen LogP contribution in [0.15, 0.2) is 30.7 Å². The number of hydrogen-bond acceptors (Lipinski definition) is 4. The summed E-state index contributed by atoms with van der Waals surface area (Å²) < 4.78 is 5.62. The summed E-state index contributed by atoms with van der Waals surface area (Å²) in [6, 6.07) is 7.52. The molecule has 1 aromatic heterocycles. The SMILES string of the molecule is N#Cc1ccc2c(c1)Oc1ncncc1C2. The molecule has 0 N–H and O–H groups in total. The van der Waals surface area contributed by atoms with E-state index in [1.54, 1.807) is 18.3 Å². The highest BCUT2D eigenvalue weighted by Gasteiger charge is 2.18. The highest BCUT2D eigenvalue weighted by atomic mass is 16.5. The zero-order valence-electron chi connectivity index (χ0n) is 8.34. The zero-order valence-corrected chi connectivity index (χ0v) is 8.34. The summed E-state index contributed by atoms with van der Waals surface area (Å²) in [5.41, 5.74) is 2.62. The number of nitrogens with zero attached hydrogens (tertiary/aromatic N) is 3. The summed E-state index contributed by atoms with van der Waals surface area (Å²) in [5, 5.41) is 8.80. The second kappa shape index (κ2) is 3.31. The Bertz CT molecular complexity index is 601. The van der Waals surface area contributed by atoms with Gasteiger partial charge in [0.25, 0.3) is 0 Å². The Morgan fingerprint density at radius 3 is 3.12 bits per heavy atom. The minimum absolute atomic E-state index is 0.581. The van der Waals surface area contributed by atoms with E-state index < -0.39 is 0 Å². The summed E-state index contributed by atoms with van der Waals surface area (Å²) in [4.78, 5) is 8.02. The molecule has 0 radical (unpaired) electrons. The monoisotopic (exact) mass is 209 g/mol. The molecule has 0 bridgehead atoms. The first kappa shape index (κ1) is 8.86. The topological polar surface area (TPSA) is 58.8 Å². The van der Waals surface area contributed by atoms with Crippen molar-refractivity contribution in [3.8, 4) is 17.7 Å². The molecule has 0 fully saturated rings. The first-order chi connectivity index (χ1) is 7.86. The summed E-state index contributed by atoms with van der Waals surface area (Å²) in [6.45, 7) is 0. The van der Waals surface area contributed by atoms with E-state index in [0.29, 0.717) is 17.2 Å². The van der Waals surface area contributed by atoms with Crippen LogP contribution in [-0.4, -0.2) is 9.97 Å². The zero-order chi connectivity index (χ0) is 11.0. The van der Waals surface area contributed by atoms with Gasteiger partial charge in [-0.05, 0) is 17.7 Å². The minimum atomic E-state index is 0.581. The number of nitriles is 1. The molecule has 4 nitrogen and oxygen atoms in total. The van der Waals surface area contributed by atoms with E-state index in [1.165, 1.54) is 6.33 Å². The Hall–Kier alpha value is -2.41. The molecule has 0 saturated carbocycles. The van der Waals surface area contributed by atoms with Crippen molar-refractivity contribution in [2.45, 2.75) is 6.42 Å². The molecule has 16 heavy (non-hydrogen) atoms. The summed E-state index contributed by atoms with van der Waals surface area (Å²) >= 11 is 0. The van der Waals surface area contributed by atoms with Crippen molar-refractivity contribution in [2.24, 2.45) is 0 Å². The maximum absolute atomic E-state index is 8.80. The van der Waals surface area contributed by atoms with Crippen molar-refractivity contribution in [3.63, 3.8) is 0 Å². The van der Waals surface area contributed by atoms with Crippen LogP contribution in [0.2, 0.25) is 0 Å². The van der Waals surface area contributed by atoms with Crippen LogP contribution in [0.1, 0.15) is 16.7 Å². The fourth-order valence-electron chi connectivity index (χ4n) is 1.73. The number of rotatable bonds is 0. The van der Waals surface area contributed by atoms with E-state index in [2.05, 4.69) is 16.0 Å². The van der Waals surface area contributed by atoms with Crippen LogP contribution >= 0.6 is 0 Å². The van der Waals surface area contributed by atoms with Gasteiger partial charge in [0, 0.05) is 18.2 Å². The summed E-state index contributed by atoms with van der Waals surface area (Å²) in [6.07, 6.45) is 3.96. The number of aromatic nitrogens is 2. The normalized spacial score (nSPS) is 11.9. The lowest BCUT2D eigenvalue weighted by atomic mass is 10.0. The highest BCUT2D eigenvalue weighted by molar-refractivity contribution is 5.49. The Morgan fingerprint density at radius 1 is 1.31 bits per heavy atom. The van der Waals surface area contributed by atoms with Gasteiger partial charge in [0.05, 0.1) is 11.6 Å². The summed E-state index contributed by atoms with van der Waals surface area (Å²) in [7, 11) is 0. The van der Waals surface area contributed by atoms with Gasteiger partial charge >= 0.3 is 0 Å². The molecule has 0 amide bonds. The third-order valence-electron chi connectivity index (χ3n) is 2.53. The Morgan fingerprint density at radius 2 is 2.25 bits per heavy atom. The molecule has 3 rings (SSSR count). The van der Waals surface area contributed by atoms with Gasteiger partial charge in [-0.1, -0.05) is 6.07 Å². The Kier molecular flexibility index (Phi) is 1.84. The van der Waals surface area contributed by atoms with Gasteiger partial charge in [-0.2, -0.15) is 5.26 Å². The second-order valence-electron chi connectivity index (χ2n) is 3.57. The number of benzene rings is 1. The van der Waals surface area contributed by atoms with Gasteiger partial charge in [0.2, 0.25) is 5.88 Å². The molecule has 1 aliphatic rings. The Balaban J connectivity index is 2.09. The molecule has 0 saturated heterocycles. The van der Waals surface area contributed by atoms with Crippen molar-refractivity contribution in [1.82, 2.24) is 9.97 Å². The van der Waals surface area contributed by atoms with Crippen molar-refractivity contribution < 1.29 is 4.74 Å². The molecule has 2 heterocycles. The molecule has 0 atom stereocenters. The fourth-order valence-corrected chi connectivity index (χ4v) is 1.73. The van der Waals surface area contributed by atoms with Crippen LogP contribution < -0.4 is 4.74 Å². The van der Waals surface area contributed by atoms with Gasteiger partial charge < -0.3 is 4.74 Å². The van der Waals surface area contributed by atoms with Crippen LogP contribution in [-0.2, 0) is 6.42 Å². The molecule has 76 valence electrons. The quantitative estimate of drug-likeness (QED) is 0.568. The molecular weight excluding hydrogens is 202 g/mol. The predicted molar refractivity (Wildman–Crippen MR) is 56.1 cm³/mol. The maximum atomic E-state index is 8.80. The first-order valence-electron chi connectivity index (χ1n) is 4.86. The van der Waals surface area contributed by atoms with Gasteiger partial charge in [-0.15, -0.1) is 0 Å². The van der Waals surface area contributed by atoms with Crippen LogP contribution in [0.5, 0.6) is 11.6 Å². The van der Waals surface area contributed by atoms with Crippen molar-refractivity contribution in [3.05, 3.63) is 47.4 Å².